The van der Waals surface area contributed by atoms with Crippen LogP contribution in [-0.2, 0) is 14.3 Å². The lowest BCUT2D eigenvalue weighted by Gasteiger charge is -2.07. The number of halogens is 1. The van der Waals surface area contributed by atoms with Gasteiger partial charge in [0.1, 0.15) is 0 Å². The highest BCUT2D eigenvalue weighted by Gasteiger charge is 2.06. The normalized spacial score (nSPS) is 10.6. The fourth-order valence-electron chi connectivity index (χ4n) is 1.64. The zero-order chi connectivity index (χ0) is 15.9. The number of ether oxygens (including phenoxy) is 1. The molecule has 1 heterocycles. The highest BCUT2D eigenvalue weighted by molar-refractivity contribution is 9.10. The monoisotopic (exact) mass is 379 g/mol. The molecule has 6 heteroatoms. The molecule has 22 heavy (non-hydrogen) atoms. The van der Waals surface area contributed by atoms with Gasteiger partial charge in [-0.05, 0) is 59.2 Å². The summed E-state index contributed by atoms with van der Waals surface area (Å²) >= 11 is 4.93. The van der Waals surface area contributed by atoms with E-state index in [0.29, 0.717) is 5.69 Å². The molecule has 1 aromatic carbocycles. The molecule has 0 aliphatic carbocycles. The maximum absolute atomic E-state index is 11.7. The van der Waals surface area contributed by atoms with Crippen LogP contribution in [0.2, 0.25) is 0 Å². The number of hydrogen-bond donors (Lipinski definition) is 1. The fraction of sp³-hybridized carbons (Fsp3) is 0.125. The molecule has 0 radical (unpaired) electrons. The van der Waals surface area contributed by atoms with Crippen molar-refractivity contribution in [3.05, 3.63) is 56.7 Å². The molecule has 1 aromatic heterocycles. The van der Waals surface area contributed by atoms with Gasteiger partial charge in [-0.3, -0.25) is 4.79 Å². The predicted octanol–water partition coefficient (Wildman–Crippen LogP) is 4.01. The Morgan fingerprint density at radius 3 is 2.86 bits per heavy atom. The second kappa shape index (κ2) is 7.91. The number of thiophene rings is 1. The van der Waals surface area contributed by atoms with Gasteiger partial charge in [0, 0.05) is 16.2 Å². The minimum atomic E-state index is -0.548. The van der Waals surface area contributed by atoms with Gasteiger partial charge >= 0.3 is 5.97 Å². The summed E-state index contributed by atoms with van der Waals surface area (Å²) in [4.78, 5) is 23.2. The number of hydrogen-bond acceptors (Lipinski definition) is 4. The van der Waals surface area contributed by atoms with Gasteiger partial charge in [-0.25, -0.2) is 4.79 Å². The van der Waals surface area contributed by atoms with Crippen molar-refractivity contribution in [3.8, 4) is 0 Å². The minimum Gasteiger partial charge on any atom is -0.452 e. The van der Waals surface area contributed by atoms with Crippen LogP contribution in [-0.4, -0.2) is 18.5 Å². The lowest BCUT2D eigenvalue weighted by Crippen LogP contribution is -2.20. The number of carbonyl (C=O) groups excluding carboxylic acids is 2. The number of amides is 1. The lowest BCUT2D eigenvalue weighted by molar-refractivity contribution is -0.142. The second-order valence-corrected chi connectivity index (χ2v) is 6.14. The van der Waals surface area contributed by atoms with E-state index in [2.05, 4.69) is 21.2 Å². The first kappa shape index (κ1) is 16.5. The van der Waals surface area contributed by atoms with E-state index in [9.17, 15) is 9.59 Å². The largest absolute Gasteiger partial charge is 0.452 e. The molecule has 0 bridgehead atoms. The van der Waals surface area contributed by atoms with Crippen LogP contribution in [0.4, 0.5) is 5.69 Å². The Morgan fingerprint density at radius 2 is 2.18 bits per heavy atom. The van der Waals surface area contributed by atoms with Crippen molar-refractivity contribution < 1.29 is 14.3 Å². The van der Waals surface area contributed by atoms with Crippen molar-refractivity contribution >= 4 is 50.9 Å². The van der Waals surface area contributed by atoms with E-state index < -0.39 is 5.97 Å². The third-order valence-electron chi connectivity index (χ3n) is 2.74. The highest BCUT2D eigenvalue weighted by Crippen LogP contribution is 2.19. The Bertz CT molecular complexity index is 695. The lowest BCUT2D eigenvalue weighted by atomic mass is 10.2. The maximum atomic E-state index is 11.7. The molecule has 0 fully saturated rings. The predicted molar refractivity (Wildman–Crippen MR) is 91.8 cm³/mol. The van der Waals surface area contributed by atoms with Crippen molar-refractivity contribution in [2.75, 3.05) is 11.9 Å². The van der Waals surface area contributed by atoms with Crippen molar-refractivity contribution in [2.45, 2.75) is 6.92 Å². The molecule has 0 saturated carbocycles. The van der Waals surface area contributed by atoms with Crippen LogP contribution < -0.4 is 5.32 Å². The van der Waals surface area contributed by atoms with E-state index in [1.165, 1.54) is 6.08 Å². The fourth-order valence-corrected chi connectivity index (χ4v) is 2.51. The molecule has 2 aromatic rings. The smallest absolute Gasteiger partial charge is 0.331 e. The number of carbonyl (C=O) groups is 2. The molecule has 0 atom stereocenters. The quantitative estimate of drug-likeness (QED) is 0.630. The molecule has 0 aliphatic heterocycles. The van der Waals surface area contributed by atoms with E-state index >= 15 is 0 Å². The summed E-state index contributed by atoms with van der Waals surface area (Å²) in [5.41, 5.74) is 2.60. The Hall–Kier alpha value is -1.92. The average molecular weight is 380 g/mol. The molecule has 114 valence electrons. The first-order chi connectivity index (χ1) is 10.5. The third-order valence-corrected chi connectivity index (χ3v) is 4.33. The Balaban J connectivity index is 1.79. The molecule has 1 amide bonds. The number of anilines is 1. The molecule has 4 nitrogen and oxygen atoms in total. The number of nitrogens with one attached hydrogen (secondary N) is 1. The van der Waals surface area contributed by atoms with Crippen molar-refractivity contribution in [3.63, 3.8) is 0 Å². The SMILES string of the molecule is Cc1cc(NC(=O)COC(=O)/C=C/c2ccsc2)ccc1Br. The number of benzene rings is 1. The van der Waals surface area contributed by atoms with Crippen LogP contribution in [0.1, 0.15) is 11.1 Å². The first-order valence-corrected chi connectivity index (χ1v) is 8.21. The zero-order valence-electron chi connectivity index (χ0n) is 11.8. The van der Waals surface area contributed by atoms with Crippen LogP contribution in [0.15, 0.2) is 45.6 Å². The third kappa shape index (κ3) is 5.13. The van der Waals surface area contributed by atoms with Crippen molar-refractivity contribution in [2.24, 2.45) is 0 Å². The minimum absolute atomic E-state index is 0.318. The summed E-state index contributed by atoms with van der Waals surface area (Å²) in [6.45, 7) is 1.61. The van der Waals surface area contributed by atoms with Crippen LogP contribution in [0.5, 0.6) is 0 Å². The van der Waals surface area contributed by atoms with E-state index in [1.54, 1.807) is 23.5 Å². The Morgan fingerprint density at radius 1 is 1.36 bits per heavy atom. The van der Waals surface area contributed by atoms with E-state index in [-0.39, 0.29) is 12.5 Å². The first-order valence-electron chi connectivity index (χ1n) is 6.47. The summed E-state index contributed by atoms with van der Waals surface area (Å²) in [5.74, 6) is -0.924. The van der Waals surface area contributed by atoms with Crippen molar-refractivity contribution in [1.29, 1.82) is 0 Å². The summed E-state index contributed by atoms with van der Waals surface area (Å²) in [7, 11) is 0. The number of rotatable bonds is 5. The van der Waals surface area contributed by atoms with Gasteiger partial charge in [0.15, 0.2) is 6.61 Å². The summed E-state index contributed by atoms with van der Waals surface area (Å²) in [6.07, 6.45) is 2.95. The van der Waals surface area contributed by atoms with Crippen LogP contribution >= 0.6 is 27.3 Å². The topological polar surface area (TPSA) is 55.4 Å². The average Bonchev–Trinajstić information content (AvgIpc) is 3.00. The molecule has 0 saturated heterocycles. The van der Waals surface area contributed by atoms with Crippen LogP contribution in [0.3, 0.4) is 0 Å². The zero-order valence-corrected chi connectivity index (χ0v) is 14.2. The number of aryl methyl sites for hydroxylation is 1. The van der Waals surface area contributed by atoms with Gasteiger partial charge in [0.2, 0.25) is 0 Å². The van der Waals surface area contributed by atoms with Gasteiger partial charge in [0.25, 0.3) is 5.91 Å². The maximum Gasteiger partial charge on any atom is 0.331 e. The van der Waals surface area contributed by atoms with E-state index in [0.717, 1.165) is 15.6 Å². The van der Waals surface area contributed by atoms with Gasteiger partial charge in [-0.15, -0.1) is 0 Å². The van der Waals surface area contributed by atoms with Gasteiger partial charge in [0.05, 0.1) is 0 Å². The summed E-state index contributed by atoms with van der Waals surface area (Å²) in [6, 6.07) is 7.34. The van der Waals surface area contributed by atoms with Gasteiger partial charge in [-0.1, -0.05) is 15.9 Å². The van der Waals surface area contributed by atoms with E-state index in [1.807, 2.05) is 35.9 Å². The molecule has 0 spiro atoms. The highest BCUT2D eigenvalue weighted by atomic mass is 79.9. The number of esters is 1. The molecule has 1 N–H and O–H groups in total. The standard InChI is InChI=1S/C16H14BrNO3S/c1-11-8-13(3-4-14(11)17)18-15(19)9-21-16(20)5-2-12-6-7-22-10-12/h2-8,10H,9H2,1H3,(H,18,19)/b5-2+. The molecule has 0 aliphatic rings. The molecular formula is C16H14BrNO3S. The van der Waals surface area contributed by atoms with Gasteiger partial charge < -0.3 is 10.1 Å². The van der Waals surface area contributed by atoms with E-state index in [4.69, 9.17) is 4.74 Å². The van der Waals surface area contributed by atoms with Gasteiger partial charge in [-0.2, -0.15) is 11.3 Å². The Labute approximate surface area is 140 Å². The molecular weight excluding hydrogens is 366 g/mol. The summed E-state index contributed by atoms with van der Waals surface area (Å²) in [5, 5.41) is 6.50. The second-order valence-electron chi connectivity index (χ2n) is 4.51. The van der Waals surface area contributed by atoms with Crippen LogP contribution in [0, 0.1) is 6.92 Å². The molecule has 2 rings (SSSR count). The van der Waals surface area contributed by atoms with Crippen molar-refractivity contribution in [1.82, 2.24) is 0 Å². The molecule has 0 unspecified atom stereocenters. The van der Waals surface area contributed by atoms with Crippen LogP contribution in [0.25, 0.3) is 6.08 Å². The summed E-state index contributed by atoms with van der Waals surface area (Å²) < 4.78 is 5.85. The Kier molecular flexibility index (Phi) is 5.91.